The molecule has 2 aromatic carbocycles. The van der Waals surface area contributed by atoms with Gasteiger partial charge in [0, 0.05) is 10.9 Å². The standard InChI is InChI=1S/C22H23N3O5S2/c1-4-15-8-10-16(11-9-15)19-13-31-22(24-19)25-20(26)14(2)30-21(27)17-6-5-7-18(12-17)32(28,29)23-3/h5-14,23H,4H2,1-3H3,(H,24,25,26)/t14-/m0/s1. The number of ether oxygens (including phenoxy) is 1. The van der Waals surface area contributed by atoms with E-state index in [1.54, 1.807) is 0 Å². The monoisotopic (exact) mass is 473 g/mol. The Morgan fingerprint density at radius 3 is 2.53 bits per heavy atom. The van der Waals surface area contributed by atoms with Crippen LogP contribution in [0.3, 0.4) is 0 Å². The predicted octanol–water partition coefficient (Wildman–Crippen LogP) is 3.46. The SMILES string of the molecule is CCc1ccc(-c2csc(NC(=O)[C@H](C)OC(=O)c3cccc(S(=O)(=O)NC)c3)n2)cc1. The van der Waals surface area contributed by atoms with Gasteiger partial charge in [-0.2, -0.15) is 0 Å². The number of benzene rings is 2. The number of hydrogen-bond donors (Lipinski definition) is 2. The van der Waals surface area contributed by atoms with Gasteiger partial charge in [-0.25, -0.2) is 22.9 Å². The molecule has 0 saturated carbocycles. The zero-order valence-corrected chi connectivity index (χ0v) is 19.4. The molecule has 1 heterocycles. The molecule has 1 amide bonds. The fourth-order valence-electron chi connectivity index (χ4n) is 2.77. The van der Waals surface area contributed by atoms with Gasteiger partial charge in [0.15, 0.2) is 11.2 Å². The van der Waals surface area contributed by atoms with Crippen molar-refractivity contribution in [2.75, 3.05) is 12.4 Å². The van der Waals surface area contributed by atoms with Gasteiger partial charge in [0.1, 0.15) is 0 Å². The highest BCUT2D eigenvalue weighted by atomic mass is 32.2. The fraction of sp³-hybridized carbons (Fsp3) is 0.227. The smallest absolute Gasteiger partial charge is 0.338 e. The van der Waals surface area contributed by atoms with Crippen LogP contribution in [0.1, 0.15) is 29.8 Å². The highest BCUT2D eigenvalue weighted by Crippen LogP contribution is 2.25. The van der Waals surface area contributed by atoms with Crippen LogP contribution in [-0.2, 0) is 26.0 Å². The van der Waals surface area contributed by atoms with E-state index in [-0.39, 0.29) is 10.5 Å². The van der Waals surface area contributed by atoms with Crippen LogP contribution in [0.5, 0.6) is 0 Å². The van der Waals surface area contributed by atoms with E-state index < -0.39 is 28.0 Å². The van der Waals surface area contributed by atoms with Crippen LogP contribution in [0.2, 0.25) is 0 Å². The molecule has 3 aromatic rings. The second-order valence-electron chi connectivity index (χ2n) is 6.86. The molecular formula is C22H23N3O5S2. The van der Waals surface area contributed by atoms with E-state index in [1.165, 1.54) is 55.1 Å². The Balaban J connectivity index is 1.63. The molecule has 0 spiro atoms. The molecule has 10 heteroatoms. The molecule has 32 heavy (non-hydrogen) atoms. The number of nitrogens with one attached hydrogen (secondary N) is 2. The Kier molecular flexibility index (Phi) is 7.39. The largest absolute Gasteiger partial charge is 0.449 e. The zero-order valence-electron chi connectivity index (χ0n) is 17.8. The molecule has 0 radical (unpaired) electrons. The van der Waals surface area contributed by atoms with Crippen LogP contribution in [0, 0.1) is 0 Å². The average Bonchev–Trinajstić information content (AvgIpc) is 3.27. The lowest BCUT2D eigenvalue weighted by Gasteiger charge is -2.13. The number of aromatic nitrogens is 1. The van der Waals surface area contributed by atoms with Crippen molar-refractivity contribution in [1.29, 1.82) is 0 Å². The molecule has 1 aromatic heterocycles. The number of hydrogen-bond acceptors (Lipinski definition) is 7. The van der Waals surface area contributed by atoms with Crippen LogP contribution >= 0.6 is 11.3 Å². The number of aryl methyl sites for hydroxylation is 1. The van der Waals surface area contributed by atoms with Crippen LogP contribution in [0.15, 0.2) is 58.8 Å². The number of sulfonamides is 1. The number of esters is 1. The lowest BCUT2D eigenvalue weighted by Crippen LogP contribution is -2.30. The molecule has 3 rings (SSSR count). The third kappa shape index (κ3) is 5.58. The molecular weight excluding hydrogens is 450 g/mol. The molecule has 0 unspecified atom stereocenters. The third-order valence-corrected chi connectivity index (χ3v) is 6.86. The first kappa shape index (κ1) is 23.6. The van der Waals surface area contributed by atoms with Crippen molar-refractivity contribution in [3.63, 3.8) is 0 Å². The van der Waals surface area contributed by atoms with E-state index in [9.17, 15) is 18.0 Å². The Bertz CT molecular complexity index is 1220. The van der Waals surface area contributed by atoms with Gasteiger partial charge in [-0.1, -0.05) is 37.3 Å². The molecule has 168 valence electrons. The van der Waals surface area contributed by atoms with Gasteiger partial charge in [0.2, 0.25) is 10.0 Å². The maximum Gasteiger partial charge on any atom is 0.338 e. The molecule has 2 N–H and O–H groups in total. The third-order valence-electron chi connectivity index (χ3n) is 4.69. The molecule has 0 aliphatic carbocycles. The second-order valence-corrected chi connectivity index (χ2v) is 9.61. The lowest BCUT2D eigenvalue weighted by molar-refractivity contribution is -0.123. The van der Waals surface area contributed by atoms with E-state index >= 15 is 0 Å². The number of nitrogens with zero attached hydrogens (tertiary/aromatic N) is 1. The van der Waals surface area contributed by atoms with Crippen molar-refractivity contribution in [1.82, 2.24) is 9.71 Å². The minimum atomic E-state index is -3.71. The van der Waals surface area contributed by atoms with E-state index in [4.69, 9.17) is 4.74 Å². The highest BCUT2D eigenvalue weighted by molar-refractivity contribution is 7.89. The van der Waals surface area contributed by atoms with Gasteiger partial charge in [-0.3, -0.25) is 10.1 Å². The van der Waals surface area contributed by atoms with Crippen molar-refractivity contribution in [3.05, 3.63) is 65.0 Å². The first-order valence-corrected chi connectivity index (χ1v) is 12.2. The topological polar surface area (TPSA) is 114 Å². The van der Waals surface area contributed by atoms with E-state index in [1.807, 2.05) is 29.6 Å². The van der Waals surface area contributed by atoms with E-state index in [0.29, 0.717) is 5.13 Å². The first-order chi connectivity index (χ1) is 15.2. The average molecular weight is 474 g/mol. The van der Waals surface area contributed by atoms with Gasteiger partial charge in [-0.05, 0) is 44.2 Å². The Morgan fingerprint density at radius 2 is 1.88 bits per heavy atom. The van der Waals surface area contributed by atoms with E-state index in [2.05, 4.69) is 21.9 Å². The van der Waals surface area contributed by atoms with Crippen LogP contribution < -0.4 is 10.0 Å². The van der Waals surface area contributed by atoms with Crippen molar-refractivity contribution in [2.45, 2.75) is 31.3 Å². The summed E-state index contributed by atoms with van der Waals surface area (Å²) in [7, 11) is -2.43. The van der Waals surface area contributed by atoms with Gasteiger partial charge in [-0.15, -0.1) is 11.3 Å². The molecule has 0 aliphatic rings. The van der Waals surface area contributed by atoms with Gasteiger partial charge in [0.05, 0.1) is 16.2 Å². The summed E-state index contributed by atoms with van der Waals surface area (Å²) in [4.78, 5) is 29.2. The van der Waals surface area contributed by atoms with Crippen molar-refractivity contribution < 1.29 is 22.7 Å². The Morgan fingerprint density at radius 1 is 1.16 bits per heavy atom. The number of anilines is 1. The summed E-state index contributed by atoms with van der Waals surface area (Å²) in [5.41, 5.74) is 2.92. The zero-order chi connectivity index (χ0) is 23.3. The van der Waals surface area contributed by atoms with E-state index in [0.717, 1.165) is 17.7 Å². The normalized spacial score (nSPS) is 12.2. The van der Waals surface area contributed by atoms with Gasteiger partial charge in [0.25, 0.3) is 5.91 Å². The predicted molar refractivity (Wildman–Crippen MR) is 123 cm³/mol. The molecule has 1 atom stereocenters. The van der Waals surface area contributed by atoms with Crippen molar-refractivity contribution in [2.24, 2.45) is 0 Å². The van der Waals surface area contributed by atoms with Gasteiger partial charge < -0.3 is 4.74 Å². The van der Waals surface area contributed by atoms with Crippen molar-refractivity contribution >= 4 is 38.4 Å². The van der Waals surface area contributed by atoms with Crippen molar-refractivity contribution in [3.8, 4) is 11.3 Å². The summed E-state index contributed by atoms with van der Waals surface area (Å²) in [5.74, 6) is -1.35. The summed E-state index contributed by atoms with van der Waals surface area (Å²) in [6.45, 7) is 3.51. The number of carbonyl (C=O) groups is 2. The number of rotatable bonds is 8. The quantitative estimate of drug-likeness (QED) is 0.484. The Labute approximate surface area is 190 Å². The van der Waals surface area contributed by atoms with Gasteiger partial charge >= 0.3 is 5.97 Å². The lowest BCUT2D eigenvalue weighted by atomic mass is 10.1. The number of thiazole rings is 1. The second kappa shape index (κ2) is 10.0. The summed E-state index contributed by atoms with van der Waals surface area (Å²) in [5, 5.41) is 4.86. The minimum absolute atomic E-state index is 0.0213. The molecule has 0 aliphatic heterocycles. The summed E-state index contributed by atoms with van der Waals surface area (Å²) in [6, 6.07) is 13.4. The Hall–Kier alpha value is -3.08. The summed E-state index contributed by atoms with van der Waals surface area (Å²) < 4.78 is 31.2. The maximum atomic E-state index is 12.5. The first-order valence-electron chi connectivity index (χ1n) is 9.83. The van der Waals surface area contributed by atoms with Crippen LogP contribution in [0.25, 0.3) is 11.3 Å². The molecule has 0 fully saturated rings. The highest BCUT2D eigenvalue weighted by Gasteiger charge is 2.21. The molecule has 0 saturated heterocycles. The molecule has 0 bridgehead atoms. The minimum Gasteiger partial charge on any atom is -0.449 e. The fourth-order valence-corrected chi connectivity index (χ4v) is 4.27. The number of amides is 1. The summed E-state index contributed by atoms with van der Waals surface area (Å²) in [6.07, 6.45) is -0.159. The van der Waals surface area contributed by atoms with Crippen LogP contribution in [-0.4, -0.2) is 38.4 Å². The number of carbonyl (C=O) groups excluding carboxylic acids is 2. The van der Waals surface area contributed by atoms with Crippen LogP contribution in [0.4, 0.5) is 5.13 Å². The maximum absolute atomic E-state index is 12.5. The summed E-state index contributed by atoms with van der Waals surface area (Å²) >= 11 is 1.27. The molecule has 8 nitrogen and oxygen atoms in total.